The van der Waals surface area contributed by atoms with Gasteiger partial charge in [-0.05, 0) is 57.2 Å². The number of hydrogen-bond donors (Lipinski definition) is 0. The lowest BCUT2D eigenvalue weighted by molar-refractivity contribution is 0.0976. The highest BCUT2D eigenvalue weighted by Gasteiger charge is 2.33. The third-order valence-corrected chi connectivity index (χ3v) is 7.74. The van der Waals surface area contributed by atoms with Crippen LogP contribution in [0.25, 0.3) is 17.1 Å². The number of ketones is 4. The fourth-order valence-electron chi connectivity index (χ4n) is 5.28. The van der Waals surface area contributed by atoms with Crippen molar-refractivity contribution in [2.45, 2.75) is 34.6 Å². The SMILES string of the molecule is CC(=O)c1nn(-c2ccc(C)cc2)cc1C(=O)c1nn(-c2ccccc2)c(C)c1C(=O)c1cn(-c2ccc(C)cc2)nc1C(C)=O. The van der Waals surface area contributed by atoms with Crippen molar-refractivity contribution in [3.63, 3.8) is 0 Å². The average molecular weight is 611 g/mol. The molecule has 228 valence electrons. The summed E-state index contributed by atoms with van der Waals surface area (Å²) in [5.41, 5.74) is 4.18. The van der Waals surface area contributed by atoms with Gasteiger partial charge < -0.3 is 0 Å². The fourth-order valence-corrected chi connectivity index (χ4v) is 5.28. The second-order valence-corrected chi connectivity index (χ2v) is 11.2. The molecule has 3 aromatic carbocycles. The zero-order chi connectivity index (χ0) is 32.7. The number of carbonyl (C=O) groups is 4. The topological polar surface area (TPSA) is 122 Å². The lowest BCUT2D eigenvalue weighted by atomic mass is 9.96. The van der Waals surface area contributed by atoms with Crippen LogP contribution in [-0.2, 0) is 0 Å². The van der Waals surface area contributed by atoms with Gasteiger partial charge in [-0.3, -0.25) is 19.2 Å². The molecule has 6 rings (SSSR count). The first-order chi connectivity index (χ1) is 22.0. The summed E-state index contributed by atoms with van der Waals surface area (Å²) in [7, 11) is 0. The van der Waals surface area contributed by atoms with E-state index in [0.29, 0.717) is 22.8 Å². The van der Waals surface area contributed by atoms with E-state index in [1.165, 1.54) is 40.3 Å². The number of aryl methyl sites for hydroxylation is 2. The van der Waals surface area contributed by atoms with Crippen LogP contribution < -0.4 is 0 Å². The summed E-state index contributed by atoms with van der Waals surface area (Å²) < 4.78 is 4.45. The second kappa shape index (κ2) is 11.8. The highest BCUT2D eigenvalue weighted by atomic mass is 16.1. The summed E-state index contributed by atoms with van der Waals surface area (Å²) in [6.07, 6.45) is 2.97. The molecule has 3 aromatic heterocycles. The molecule has 0 radical (unpaired) electrons. The molecule has 0 bridgehead atoms. The van der Waals surface area contributed by atoms with Crippen LogP contribution in [0, 0.1) is 20.8 Å². The Bertz CT molecular complexity index is 2150. The molecule has 10 nitrogen and oxygen atoms in total. The van der Waals surface area contributed by atoms with Gasteiger partial charge in [0.15, 0.2) is 11.6 Å². The molecule has 10 heteroatoms. The maximum Gasteiger partial charge on any atom is 0.217 e. The molecule has 46 heavy (non-hydrogen) atoms. The van der Waals surface area contributed by atoms with Gasteiger partial charge in [-0.1, -0.05) is 53.6 Å². The van der Waals surface area contributed by atoms with Crippen molar-refractivity contribution in [2.75, 3.05) is 0 Å². The Hall–Kier alpha value is -6.03. The van der Waals surface area contributed by atoms with E-state index in [4.69, 9.17) is 0 Å². The Morgan fingerprint density at radius 1 is 0.522 bits per heavy atom. The van der Waals surface area contributed by atoms with Crippen LogP contribution in [0.2, 0.25) is 0 Å². The largest absolute Gasteiger partial charge is 0.293 e. The van der Waals surface area contributed by atoms with Gasteiger partial charge in [0.2, 0.25) is 11.6 Å². The molecule has 0 unspecified atom stereocenters. The van der Waals surface area contributed by atoms with E-state index in [1.807, 2.05) is 80.6 Å². The Morgan fingerprint density at radius 3 is 1.43 bits per heavy atom. The minimum absolute atomic E-state index is 0.00183. The van der Waals surface area contributed by atoms with Gasteiger partial charge in [-0.2, -0.15) is 15.3 Å². The summed E-state index contributed by atoms with van der Waals surface area (Å²) in [6, 6.07) is 24.0. The van der Waals surface area contributed by atoms with Gasteiger partial charge in [0.25, 0.3) is 0 Å². The lowest BCUT2D eigenvalue weighted by Crippen LogP contribution is -2.14. The van der Waals surface area contributed by atoms with Crippen molar-refractivity contribution >= 4 is 23.1 Å². The molecule has 6 aromatic rings. The third-order valence-electron chi connectivity index (χ3n) is 7.74. The van der Waals surface area contributed by atoms with E-state index in [-0.39, 0.29) is 33.8 Å². The molecule has 0 N–H and O–H groups in total. The van der Waals surface area contributed by atoms with E-state index < -0.39 is 23.1 Å². The minimum Gasteiger partial charge on any atom is -0.293 e. The van der Waals surface area contributed by atoms with Crippen molar-refractivity contribution in [3.8, 4) is 17.1 Å². The number of nitrogens with zero attached hydrogens (tertiary/aromatic N) is 6. The van der Waals surface area contributed by atoms with Crippen molar-refractivity contribution in [3.05, 3.63) is 142 Å². The number of rotatable bonds is 9. The van der Waals surface area contributed by atoms with Crippen LogP contribution in [-0.4, -0.2) is 52.5 Å². The molecule has 0 saturated carbocycles. The van der Waals surface area contributed by atoms with Crippen LogP contribution in [0.5, 0.6) is 0 Å². The summed E-state index contributed by atoms with van der Waals surface area (Å²) in [5.74, 6) is -2.07. The zero-order valence-corrected chi connectivity index (χ0v) is 26.0. The monoisotopic (exact) mass is 610 g/mol. The lowest BCUT2D eigenvalue weighted by Gasteiger charge is -2.05. The Balaban J connectivity index is 1.53. The molecule has 0 amide bonds. The number of Topliss-reactive ketones (excluding diaryl/α,β-unsaturated/α-hetero) is 2. The molecular weight excluding hydrogens is 580 g/mol. The van der Waals surface area contributed by atoms with Crippen LogP contribution >= 0.6 is 0 Å². The Labute approximate surface area is 264 Å². The van der Waals surface area contributed by atoms with E-state index >= 15 is 0 Å². The first-order valence-electron chi connectivity index (χ1n) is 14.6. The third kappa shape index (κ3) is 5.41. The maximum atomic E-state index is 14.5. The number of benzene rings is 3. The summed E-state index contributed by atoms with van der Waals surface area (Å²) >= 11 is 0. The molecule has 0 atom stereocenters. The first kappa shape index (κ1) is 30.0. The number of carbonyl (C=O) groups excluding carboxylic acids is 4. The predicted molar refractivity (Wildman–Crippen MR) is 172 cm³/mol. The van der Waals surface area contributed by atoms with E-state index in [2.05, 4.69) is 15.3 Å². The van der Waals surface area contributed by atoms with E-state index in [1.54, 1.807) is 19.1 Å². The van der Waals surface area contributed by atoms with Crippen molar-refractivity contribution in [2.24, 2.45) is 0 Å². The van der Waals surface area contributed by atoms with E-state index in [0.717, 1.165) is 11.1 Å². The molecule has 0 spiro atoms. The summed E-state index contributed by atoms with van der Waals surface area (Å²) in [5, 5.41) is 13.5. The molecule has 0 aliphatic carbocycles. The summed E-state index contributed by atoms with van der Waals surface area (Å²) in [4.78, 5) is 54.4. The van der Waals surface area contributed by atoms with Crippen molar-refractivity contribution in [1.29, 1.82) is 0 Å². The van der Waals surface area contributed by atoms with Gasteiger partial charge >= 0.3 is 0 Å². The average Bonchev–Trinajstić information content (AvgIpc) is 3.78. The molecular formula is C36H30N6O4. The Morgan fingerprint density at radius 2 is 0.978 bits per heavy atom. The molecule has 0 aliphatic rings. The number of aromatic nitrogens is 6. The van der Waals surface area contributed by atoms with Crippen LogP contribution in [0.4, 0.5) is 0 Å². The van der Waals surface area contributed by atoms with Crippen LogP contribution in [0.3, 0.4) is 0 Å². The zero-order valence-electron chi connectivity index (χ0n) is 26.0. The molecule has 0 aliphatic heterocycles. The van der Waals surface area contributed by atoms with Gasteiger partial charge in [0, 0.05) is 26.2 Å². The van der Waals surface area contributed by atoms with Crippen LogP contribution in [0.1, 0.15) is 83.6 Å². The normalized spacial score (nSPS) is 11.1. The quantitative estimate of drug-likeness (QED) is 0.183. The first-order valence-corrected chi connectivity index (χ1v) is 14.6. The Kier molecular flexibility index (Phi) is 7.71. The number of para-hydroxylation sites is 1. The second-order valence-electron chi connectivity index (χ2n) is 11.2. The van der Waals surface area contributed by atoms with Crippen LogP contribution in [0.15, 0.2) is 91.3 Å². The van der Waals surface area contributed by atoms with Gasteiger partial charge in [0.05, 0.1) is 39.4 Å². The highest BCUT2D eigenvalue weighted by molar-refractivity contribution is 6.23. The van der Waals surface area contributed by atoms with Gasteiger partial charge in [-0.15, -0.1) is 0 Å². The van der Waals surface area contributed by atoms with E-state index in [9.17, 15) is 19.2 Å². The predicted octanol–water partition coefficient (Wildman–Crippen LogP) is 6.04. The summed E-state index contributed by atoms with van der Waals surface area (Å²) in [6.45, 7) is 8.26. The van der Waals surface area contributed by atoms with Crippen molar-refractivity contribution in [1.82, 2.24) is 29.3 Å². The highest BCUT2D eigenvalue weighted by Crippen LogP contribution is 2.27. The van der Waals surface area contributed by atoms with Crippen molar-refractivity contribution < 1.29 is 19.2 Å². The smallest absolute Gasteiger partial charge is 0.217 e. The molecule has 0 saturated heterocycles. The van der Waals surface area contributed by atoms with Gasteiger partial charge in [0.1, 0.15) is 17.1 Å². The molecule has 3 heterocycles. The fraction of sp³-hybridized carbons (Fsp3) is 0.139. The minimum atomic E-state index is -0.653. The maximum absolute atomic E-state index is 14.5. The standard InChI is InChI=1S/C36H30N6O4/c1-21-11-15-26(16-12-21)40-19-29(32(37-40)24(4)43)35(45)31-23(3)42(28-9-7-6-8-10-28)39-34(31)36(46)30-20-41(38-33(30)25(5)44)27-17-13-22(2)14-18-27/h6-20H,1-5H3. The van der Waals surface area contributed by atoms with Gasteiger partial charge in [-0.25, -0.2) is 14.0 Å². The molecule has 0 fully saturated rings. The number of hydrogen-bond acceptors (Lipinski definition) is 7.